The lowest BCUT2D eigenvalue weighted by molar-refractivity contribution is 0.102. The highest BCUT2D eigenvalue weighted by Crippen LogP contribution is 2.23. The fraction of sp³-hybridized carbons (Fsp3) is 0. The molecule has 0 bridgehead atoms. The molecule has 1 aromatic heterocycles. The standard InChI is InChI=1S/C13H9BrClN5O/c14-8-3-10(12(20-17)18-6-8)13(21)19-11-4-9(15)2-1-7(11)5-16/h1-4,6H,17H2,(H,18,20)(H,19,21). The Hall–Kier alpha value is -2.14. The van der Waals surface area contributed by atoms with Crippen molar-refractivity contribution in [2.45, 2.75) is 0 Å². The second kappa shape index (κ2) is 6.54. The molecule has 6 nitrogen and oxygen atoms in total. The van der Waals surface area contributed by atoms with Gasteiger partial charge in [0.25, 0.3) is 5.91 Å². The van der Waals surface area contributed by atoms with Crippen LogP contribution in [0.3, 0.4) is 0 Å². The molecule has 0 atom stereocenters. The Morgan fingerprint density at radius 1 is 1.43 bits per heavy atom. The molecule has 8 heteroatoms. The molecular weight excluding hydrogens is 358 g/mol. The summed E-state index contributed by atoms with van der Waals surface area (Å²) in [7, 11) is 0. The van der Waals surface area contributed by atoms with Crippen LogP contribution in [0.5, 0.6) is 0 Å². The number of rotatable bonds is 3. The first-order valence-corrected chi connectivity index (χ1v) is 6.85. The number of nitrogens with one attached hydrogen (secondary N) is 2. The van der Waals surface area contributed by atoms with Crippen LogP contribution in [-0.4, -0.2) is 10.9 Å². The molecule has 0 aliphatic heterocycles. The minimum atomic E-state index is -0.462. The summed E-state index contributed by atoms with van der Waals surface area (Å²) in [6.07, 6.45) is 1.51. The molecule has 0 saturated heterocycles. The number of amides is 1. The summed E-state index contributed by atoms with van der Waals surface area (Å²) in [5.41, 5.74) is 3.20. The molecule has 0 aliphatic rings. The number of pyridine rings is 1. The summed E-state index contributed by atoms with van der Waals surface area (Å²) in [5.74, 6) is 5.09. The molecule has 0 spiro atoms. The predicted octanol–water partition coefficient (Wildman–Crippen LogP) is 2.91. The Morgan fingerprint density at radius 3 is 2.86 bits per heavy atom. The summed E-state index contributed by atoms with van der Waals surface area (Å²) in [6.45, 7) is 0. The lowest BCUT2D eigenvalue weighted by atomic mass is 10.1. The summed E-state index contributed by atoms with van der Waals surface area (Å²) < 4.78 is 0.623. The van der Waals surface area contributed by atoms with Crippen LogP contribution in [0.4, 0.5) is 11.5 Å². The minimum Gasteiger partial charge on any atom is -0.321 e. The zero-order chi connectivity index (χ0) is 15.4. The van der Waals surface area contributed by atoms with E-state index in [-0.39, 0.29) is 11.4 Å². The SMILES string of the molecule is N#Cc1ccc(Cl)cc1NC(=O)c1cc(Br)cnc1NN. The third-order valence-electron chi connectivity index (χ3n) is 2.59. The number of aromatic nitrogens is 1. The smallest absolute Gasteiger partial charge is 0.259 e. The highest BCUT2D eigenvalue weighted by Gasteiger charge is 2.15. The zero-order valence-corrected chi connectivity index (χ0v) is 12.9. The van der Waals surface area contributed by atoms with Gasteiger partial charge in [-0.15, -0.1) is 0 Å². The van der Waals surface area contributed by atoms with Crippen molar-refractivity contribution in [3.8, 4) is 6.07 Å². The quantitative estimate of drug-likeness (QED) is 0.572. The topological polar surface area (TPSA) is 104 Å². The largest absolute Gasteiger partial charge is 0.321 e. The third kappa shape index (κ3) is 3.49. The van der Waals surface area contributed by atoms with Crippen LogP contribution in [0.1, 0.15) is 15.9 Å². The normalized spacial score (nSPS) is 9.81. The average Bonchev–Trinajstić information content (AvgIpc) is 2.47. The molecule has 2 rings (SSSR count). The van der Waals surface area contributed by atoms with Gasteiger partial charge in [0.05, 0.1) is 16.8 Å². The molecule has 0 radical (unpaired) electrons. The van der Waals surface area contributed by atoms with Crippen molar-refractivity contribution >= 4 is 44.9 Å². The van der Waals surface area contributed by atoms with E-state index in [1.807, 2.05) is 6.07 Å². The van der Waals surface area contributed by atoms with E-state index in [2.05, 4.69) is 31.7 Å². The highest BCUT2D eigenvalue weighted by atomic mass is 79.9. The molecule has 0 fully saturated rings. The third-order valence-corrected chi connectivity index (χ3v) is 3.25. The van der Waals surface area contributed by atoms with Gasteiger partial charge in [-0.05, 0) is 40.2 Å². The number of halogens is 2. The van der Waals surface area contributed by atoms with E-state index < -0.39 is 5.91 Å². The van der Waals surface area contributed by atoms with Gasteiger partial charge < -0.3 is 10.7 Å². The molecule has 1 amide bonds. The molecule has 4 N–H and O–H groups in total. The summed E-state index contributed by atoms with van der Waals surface area (Å²) in [5, 5.41) is 12.1. The Morgan fingerprint density at radius 2 is 2.19 bits per heavy atom. The lowest BCUT2D eigenvalue weighted by Gasteiger charge is -2.10. The summed E-state index contributed by atoms with van der Waals surface area (Å²) in [6, 6.07) is 8.14. The molecule has 1 heterocycles. The van der Waals surface area contributed by atoms with Crippen molar-refractivity contribution in [1.82, 2.24) is 4.98 Å². The number of nitrogens with zero attached hydrogens (tertiary/aromatic N) is 2. The predicted molar refractivity (Wildman–Crippen MR) is 83.9 cm³/mol. The molecule has 0 unspecified atom stereocenters. The number of nitriles is 1. The number of hydrogen-bond acceptors (Lipinski definition) is 5. The van der Waals surface area contributed by atoms with Crippen LogP contribution in [0.2, 0.25) is 5.02 Å². The number of benzene rings is 1. The first-order valence-electron chi connectivity index (χ1n) is 5.68. The van der Waals surface area contributed by atoms with Crippen molar-refractivity contribution in [3.63, 3.8) is 0 Å². The molecular formula is C13H9BrClN5O. The van der Waals surface area contributed by atoms with Gasteiger partial charge in [0.15, 0.2) is 5.82 Å². The van der Waals surface area contributed by atoms with Gasteiger partial charge in [-0.25, -0.2) is 10.8 Å². The van der Waals surface area contributed by atoms with Gasteiger partial charge >= 0.3 is 0 Å². The van der Waals surface area contributed by atoms with Gasteiger partial charge in [0.1, 0.15) is 6.07 Å². The monoisotopic (exact) mass is 365 g/mol. The first kappa shape index (κ1) is 15.3. The van der Waals surface area contributed by atoms with E-state index in [0.29, 0.717) is 20.7 Å². The number of nitrogen functional groups attached to an aromatic ring is 1. The minimum absolute atomic E-state index is 0.219. The number of anilines is 2. The fourth-order valence-corrected chi connectivity index (χ4v) is 2.14. The first-order chi connectivity index (χ1) is 10.0. The van der Waals surface area contributed by atoms with Crippen molar-refractivity contribution in [1.29, 1.82) is 5.26 Å². The molecule has 1 aromatic carbocycles. The van der Waals surface area contributed by atoms with Gasteiger partial charge in [0.2, 0.25) is 0 Å². The van der Waals surface area contributed by atoms with Crippen LogP contribution in [0.15, 0.2) is 34.9 Å². The lowest BCUT2D eigenvalue weighted by Crippen LogP contribution is -2.19. The van der Waals surface area contributed by atoms with Crippen molar-refractivity contribution in [2.24, 2.45) is 5.84 Å². The highest BCUT2D eigenvalue weighted by molar-refractivity contribution is 9.10. The Kier molecular flexibility index (Phi) is 4.75. The number of hydrazine groups is 1. The Bertz CT molecular complexity index is 744. The second-order valence-corrected chi connectivity index (χ2v) is 5.30. The van der Waals surface area contributed by atoms with Gasteiger partial charge in [-0.2, -0.15) is 5.26 Å². The summed E-state index contributed by atoms with van der Waals surface area (Å²) in [4.78, 5) is 16.3. The van der Waals surface area contributed by atoms with Crippen LogP contribution in [-0.2, 0) is 0 Å². The fourth-order valence-electron chi connectivity index (χ4n) is 1.63. The zero-order valence-electron chi connectivity index (χ0n) is 10.5. The molecule has 0 saturated carbocycles. The maximum atomic E-state index is 12.3. The van der Waals surface area contributed by atoms with Crippen molar-refractivity contribution < 1.29 is 4.79 Å². The van der Waals surface area contributed by atoms with E-state index in [1.165, 1.54) is 18.3 Å². The van der Waals surface area contributed by atoms with Crippen molar-refractivity contribution in [3.05, 3.63) is 51.1 Å². The maximum Gasteiger partial charge on any atom is 0.259 e. The van der Waals surface area contributed by atoms with E-state index >= 15 is 0 Å². The van der Waals surface area contributed by atoms with Crippen LogP contribution in [0.25, 0.3) is 0 Å². The average molecular weight is 367 g/mol. The number of carbonyl (C=O) groups excluding carboxylic acids is 1. The van der Waals surface area contributed by atoms with E-state index in [4.69, 9.17) is 22.7 Å². The number of carbonyl (C=O) groups is 1. The number of hydrogen-bond donors (Lipinski definition) is 3. The van der Waals surface area contributed by atoms with Crippen LogP contribution in [0, 0.1) is 11.3 Å². The molecule has 21 heavy (non-hydrogen) atoms. The van der Waals surface area contributed by atoms with Crippen LogP contribution < -0.4 is 16.6 Å². The van der Waals surface area contributed by atoms with E-state index in [1.54, 1.807) is 12.1 Å². The second-order valence-electron chi connectivity index (χ2n) is 3.95. The van der Waals surface area contributed by atoms with Crippen molar-refractivity contribution in [2.75, 3.05) is 10.7 Å². The Labute approximate surface area is 134 Å². The van der Waals surface area contributed by atoms with Gasteiger partial charge in [-0.1, -0.05) is 11.6 Å². The van der Waals surface area contributed by atoms with E-state index in [0.717, 1.165) is 0 Å². The molecule has 2 aromatic rings. The number of nitrogens with two attached hydrogens (primary N) is 1. The molecule has 0 aliphatic carbocycles. The van der Waals surface area contributed by atoms with E-state index in [9.17, 15) is 4.79 Å². The van der Waals surface area contributed by atoms with Gasteiger partial charge in [-0.3, -0.25) is 4.79 Å². The maximum absolute atomic E-state index is 12.3. The van der Waals surface area contributed by atoms with Gasteiger partial charge in [0, 0.05) is 15.7 Å². The molecule has 106 valence electrons. The Balaban J connectivity index is 2.37. The summed E-state index contributed by atoms with van der Waals surface area (Å²) >= 11 is 9.11. The van der Waals surface area contributed by atoms with Crippen LogP contribution >= 0.6 is 27.5 Å².